The predicted octanol–water partition coefficient (Wildman–Crippen LogP) is 6.70. The average Bonchev–Trinajstić information content (AvgIpc) is 3.14. The van der Waals surface area contributed by atoms with Crippen LogP contribution in [-0.2, 0) is 13.1 Å². The lowest BCUT2D eigenvalue weighted by molar-refractivity contribution is 0.621. The number of rotatable bonds is 8. The first-order valence-electron chi connectivity index (χ1n) is 16.2. The summed E-state index contributed by atoms with van der Waals surface area (Å²) in [4.78, 5) is 42.0. The van der Waals surface area contributed by atoms with Crippen LogP contribution < -0.4 is 21.8 Å². The summed E-state index contributed by atoms with van der Waals surface area (Å²) in [5.41, 5.74) is 7.36. The SMILES string of the molecule is CCn1nc(-c2cncc(C)c2)cc(Nc2cccnc2)c1=O.CCn1nc(-c2cncc(C)c2)cc(Nc2cncc3ccccc23)c1=O. The lowest BCUT2D eigenvalue weighted by Gasteiger charge is -2.12. The molecule has 1 aromatic carbocycles. The van der Waals surface area contributed by atoms with Gasteiger partial charge in [0.25, 0.3) is 11.1 Å². The number of aryl methyl sites for hydroxylation is 4. The summed E-state index contributed by atoms with van der Waals surface area (Å²) < 4.78 is 2.90. The Kier molecular flexibility index (Phi) is 10.1. The highest BCUT2D eigenvalue weighted by molar-refractivity contribution is 5.94. The minimum absolute atomic E-state index is 0.166. The molecule has 12 heteroatoms. The molecule has 0 amide bonds. The van der Waals surface area contributed by atoms with Crippen LogP contribution in [0.1, 0.15) is 25.0 Å². The molecule has 0 saturated carbocycles. The van der Waals surface area contributed by atoms with Crippen molar-refractivity contribution in [3.8, 4) is 22.5 Å². The number of benzene rings is 1. The number of anilines is 4. The van der Waals surface area contributed by atoms with E-state index in [2.05, 4.69) is 40.8 Å². The van der Waals surface area contributed by atoms with Crippen LogP contribution in [0, 0.1) is 13.8 Å². The van der Waals surface area contributed by atoms with E-state index < -0.39 is 0 Å². The molecule has 0 aliphatic carbocycles. The zero-order valence-electron chi connectivity index (χ0n) is 28.2. The Morgan fingerprint density at radius 3 is 1.72 bits per heavy atom. The summed E-state index contributed by atoms with van der Waals surface area (Å²) >= 11 is 0. The third kappa shape index (κ3) is 7.60. The number of nitrogens with zero attached hydrogens (tertiary/aromatic N) is 8. The van der Waals surface area contributed by atoms with Gasteiger partial charge in [0.05, 0.1) is 35.2 Å². The Labute approximate surface area is 288 Å². The number of nitrogens with one attached hydrogen (secondary N) is 2. The van der Waals surface area contributed by atoms with E-state index in [0.29, 0.717) is 35.9 Å². The first-order chi connectivity index (χ1) is 24.3. The Hall–Kier alpha value is -6.56. The smallest absolute Gasteiger partial charge is 0.290 e. The molecular formula is C38H36N10O2. The summed E-state index contributed by atoms with van der Waals surface area (Å²) in [6, 6.07) is 19.1. The molecule has 50 heavy (non-hydrogen) atoms. The lowest BCUT2D eigenvalue weighted by atomic mass is 10.1. The molecule has 6 heterocycles. The number of pyridine rings is 4. The maximum Gasteiger partial charge on any atom is 0.290 e. The van der Waals surface area contributed by atoms with Crippen LogP contribution in [0.3, 0.4) is 0 Å². The molecule has 0 bridgehead atoms. The third-order valence-electron chi connectivity index (χ3n) is 7.77. The second-order valence-electron chi connectivity index (χ2n) is 11.5. The van der Waals surface area contributed by atoms with Crippen LogP contribution in [0.15, 0.2) is 120 Å². The summed E-state index contributed by atoms with van der Waals surface area (Å²) in [5, 5.41) is 17.3. The van der Waals surface area contributed by atoms with Crippen molar-refractivity contribution in [2.75, 3.05) is 10.6 Å². The summed E-state index contributed by atoms with van der Waals surface area (Å²) in [5.74, 6) is 0. The summed E-state index contributed by atoms with van der Waals surface area (Å²) in [7, 11) is 0. The van der Waals surface area contributed by atoms with Gasteiger partial charge in [-0.2, -0.15) is 10.2 Å². The summed E-state index contributed by atoms with van der Waals surface area (Å²) in [6.45, 7) is 8.72. The first-order valence-corrected chi connectivity index (χ1v) is 16.2. The van der Waals surface area contributed by atoms with Gasteiger partial charge < -0.3 is 10.6 Å². The molecule has 0 unspecified atom stereocenters. The zero-order valence-corrected chi connectivity index (χ0v) is 28.2. The fourth-order valence-corrected chi connectivity index (χ4v) is 5.32. The van der Waals surface area contributed by atoms with E-state index in [1.807, 2.05) is 76.2 Å². The van der Waals surface area contributed by atoms with Gasteiger partial charge in [-0.1, -0.05) is 24.3 Å². The molecule has 0 spiro atoms. The number of hydrogen-bond donors (Lipinski definition) is 2. The van der Waals surface area contributed by atoms with Crippen molar-refractivity contribution in [3.63, 3.8) is 0 Å². The standard InChI is InChI=1S/C21H19N5O.C17H17N5O/c1-3-26-21(27)19(9-18(25-26)16-8-14(2)10-22-12-16)24-20-13-23-11-15-6-4-5-7-17(15)20;1-3-22-17(23)16(20-14-5-4-6-18-11-14)8-15(21-22)13-7-12(2)9-19-10-13/h4-13,24H,3H2,1-2H3;4-11,20H,3H2,1-2H3. The van der Waals surface area contributed by atoms with Crippen LogP contribution in [0.4, 0.5) is 22.7 Å². The lowest BCUT2D eigenvalue weighted by Crippen LogP contribution is -2.24. The molecule has 7 rings (SSSR count). The minimum atomic E-state index is -0.171. The van der Waals surface area contributed by atoms with Crippen molar-refractivity contribution < 1.29 is 0 Å². The number of fused-ring (bicyclic) bond motifs is 1. The van der Waals surface area contributed by atoms with Gasteiger partial charge in [-0.3, -0.25) is 29.5 Å². The van der Waals surface area contributed by atoms with E-state index in [0.717, 1.165) is 44.4 Å². The Bertz CT molecular complexity index is 2380. The van der Waals surface area contributed by atoms with Crippen molar-refractivity contribution in [2.24, 2.45) is 0 Å². The molecule has 250 valence electrons. The molecule has 0 atom stereocenters. The Morgan fingerprint density at radius 1 is 0.580 bits per heavy atom. The van der Waals surface area contributed by atoms with E-state index in [-0.39, 0.29) is 11.1 Å². The highest BCUT2D eigenvalue weighted by Crippen LogP contribution is 2.26. The van der Waals surface area contributed by atoms with Crippen molar-refractivity contribution in [3.05, 3.63) is 142 Å². The van der Waals surface area contributed by atoms with Crippen molar-refractivity contribution in [1.82, 2.24) is 39.5 Å². The Balaban J connectivity index is 0.000000175. The van der Waals surface area contributed by atoms with Gasteiger partial charge in [0.2, 0.25) is 0 Å². The zero-order chi connectivity index (χ0) is 35.0. The van der Waals surface area contributed by atoms with Crippen LogP contribution in [-0.4, -0.2) is 39.5 Å². The molecule has 0 aliphatic heterocycles. The number of aromatic nitrogens is 8. The van der Waals surface area contributed by atoms with Gasteiger partial charge in [0, 0.05) is 72.2 Å². The van der Waals surface area contributed by atoms with Crippen LogP contribution in [0.5, 0.6) is 0 Å². The van der Waals surface area contributed by atoms with E-state index >= 15 is 0 Å². The molecule has 12 nitrogen and oxygen atoms in total. The van der Waals surface area contributed by atoms with Gasteiger partial charge in [0.15, 0.2) is 0 Å². The van der Waals surface area contributed by atoms with E-state index in [4.69, 9.17) is 0 Å². The first kappa shape index (κ1) is 33.3. The van der Waals surface area contributed by atoms with Crippen molar-refractivity contribution in [2.45, 2.75) is 40.8 Å². The van der Waals surface area contributed by atoms with Crippen LogP contribution in [0.2, 0.25) is 0 Å². The molecule has 6 aromatic heterocycles. The quantitative estimate of drug-likeness (QED) is 0.180. The van der Waals surface area contributed by atoms with Gasteiger partial charge in [0.1, 0.15) is 11.4 Å². The van der Waals surface area contributed by atoms with Crippen LogP contribution in [0.25, 0.3) is 33.3 Å². The Morgan fingerprint density at radius 2 is 1.16 bits per heavy atom. The molecule has 0 fully saturated rings. The molecule has 0 aliphatic rings. The second-order valence-corrected chi connectivity index (χ2v) is 11.5. The van der Waals surface area contributed by atoms with Crippen molar-refractivity contribution in [1.29, 1.82) is 0 Å². The maximum atomic E-state index is 12.8. The largest absolute Gasteiger partial charge is 0.350 e. The normalized spacial score (nSPS) is 10.7. The molecule has 0 radical (unpaired) electrons. The molecule has 2 N–H and O–H groups in total. The van der Waals surface area contributed by atoms with Gasteiger partial charge in [-0.25, -0.2) is 9.36 Å². The summed E-state index contributed by atoms with van der Waals surface area (Å²) in [6.07, 6.45) is 14.0. The fraction of sp³-hybridized carbons (Fsp3) is 0.158. The van der Waals surface area contributed by atoms with E-state index in [1.54, 1.807) is 61.7 Å². The average molecular weight is 665 g/mol. The highest BCUT2D eigenvalue weighted by atomic mass is 16.1. The molecule has 0 saturated heterocycles. The maximum absolute atomic E-state index is 12.8. The van der Waals surface area contributed by atoms with Crippen molar-refractivity contribution >= 4 is 33.5 Å². The fourth-order valence-electron chi connectivity index (χ4n) is 5.32. The predicted molar refractivity (Wildman–Crippen MR) is 197 cm³/mol. The minimum Gasteiger partial charge on any atom is -0.350 e. The number of hydrogen-bond acceptors (Lipinski definition) is 10. The monoisotopic (exact) mass is 664 g/mol. The van der Waals surface area contributed by atoms with Gasteiger partial charge in [-0.15, -0.1) is 0 Å². The third-order valence-corrected chi connectivity index (χ3v) is 7.77. The van der Waals surface area contributed by atoms with E-state index in [9.17, 15) is 9.59 Å². The van der Waals surface area contributed by atoms with E-state index in [1.165, 1.54) is 9.36 Å². The van der Waals surface area contributed by atoms with Gasteiger partial charge in [-0.05, 0) is 75.2 Å². The topological polar surface area (TPSA) is 145 Å². The molecule has 7 aromatic rings. The van der Waals surface area contributed by atoms with Gasteiger partial charge >= 0.3 is 0 Å². The second kappa shape index (κ2) is 15.1. The van der Waals surface area contributed by atoms with Crippen LogP contribution >= 0.6 is 0 Å². The highest BCUT2D eigenvalue weighted by Gasteiger charge is 2.13. The molecular weight excluding hydrogens is 628 g/mol.